The van der Waals surface area contributed by atoms with Gasteiger partial charge in [-0.05, 0) is 71.0 Å². The normalized spacial score (nSPS) is 34.1. The average Bonchev–Trinajstić information content (AvgIpc) is 2.93. The van der Waals surface area contributed by atoms with E-state index in [0.717, 1.165) is 18.5 Å². The second-order valence-corrected chi connectivity index (χ2v) is 12.1. The topological polar surface area (TPSA) is 97.0 Å². The number of ketones is 1. The zero-order valence-corrected chi connectivity index (χ0v) is 27.7. The second kappa shape index (κ2) is 18.7. The zero-order chi connectivity index (χ0) is 32.0. The molecule has 6 atom stereocenters. The molecule has 0 aromatic heterocycles. The molecule has 0 radical (unpaired) electrons. The molecule has 0 bridgehead atoms. The molecule has 2 N–H and O–H groups in total. The number of carbonyl (C=O) groups excluding carboxylic acids is 3. The summed E-state index contributed by atoms with van der Waals surface area (Å²) in [7, 11) is 7.37. The molecular weight excluding hydrogens is 530 g/mol. The Morgan fingerprint density at radius 1 is 1.07 bits per heavy atom. The van der Waals surface area contributed by atoms with Gasteiger partial charge in [-0.2, -0.15) is 0 Å². The van der Waals surface area contributed by atoms with E-state index in [-0.39, 0.29) is 47.4 Å². The van der Waals surface area contributed by atoms with Crippen LogP contribution in [0.15, 0.2) is 58.5 Å². The first-order chi connectivity index (χ1) is 19.7. The van der Waals surface area contributed by atoms with Gasteiger partial charge in [-0.15, -0.1) is 0 Å². The summed E-state index contributed by atoms with van der Waals surface area (Å²) in [6, 6.07) is 0. The summed E-state index contributed by atoms with van der Waals surface area (Å²) in [6.45, 7) is 15.8. The predicted octanol–water partition coefficient (Wildman–Crippen LogP) is 5.00. The van der Waals surface area contributed by atoms with E-state index in [2.05, 4.69) is 51.3 Å². The summed E-state index contributed by atoms with van der Waals surface area (Å²) in [5, 5.41) is 5.86. The number of methoxy groups -OCH3 is 2. The molecule has 42 heavy (non-hydrogen) atoms. The summed E-state index contributed by atoms with van der Waals surface area (Å²) >= 11 is 0. The van der Waals surface area contributed by atoms with E-state index >= 15 is 0 Å². The lowest BCUT2D eigenvalue weighted by molar-refractivity contribution is -0.118. The highest BCUT2D eigenvalue weighted by molar-refractivity contribution is 6.08. The lowest BCUT2D eigenvalue weighted by Crippen LogP contribution is -2.31. The van der Waals surface area contributed by atoms with Crippen LogP contribution >= 0.6 is 0 Å². The number of aldehydes is 1. The first kappa shape index (κ1) is 37.2. The lowest BCUT2D eigenvalue weighted by atomic mass is 9.82. The van der Waals surface area contributed by atoms with Crippen molar-refractivity contribution in [2.75, 3.05) is 41.4 Å². The van der Waals surface area contributed by atoms with Crippen molar-refractivity contribution in [3.8, 4) is 0 Å². The van der Waals surface area contributed by atoms with Crippen LogP contribution in [-0.4, -0.2) is 76.5 Å². The fraction of sp³-hybridized carbons (Fsp3) is 0.618. The third kappa shape index (κ3) is 12.2. The number of carbonyl (C=O) groups is 3. The SMILES string of the molecule is COC1/C=C\C=C(/C)C(=O)N/C(C=O)=C/C(=O)/C(NCCN(C)C)=C(\C)CC(C)CC(OC)C(C)[C@@H](C)/C=C(\C)C1C. The largest absolute Gasteiger partial charge is 0.381 e. The van der Waals surface area contributed by atoms with Gasteiger partial charge in [0.2, 0.25) is 5.78 Å². The smallest absolute Gasteiger partial charge is 0.251 e. The standard InChI is InChI=1S/C34H55N3O5/c1-22-17-26(5)33(35-15-16-37(8)9)30(39)20-29(21-38)36-34(40)23(2)13-12-14-31(41-10)27(6)24(3)19-25(4)28(7)32(18-22)42-11/h12-14,19-22,25,27-28,31-32,35H,15-18H2,1-11H3,(H,36,40)/b14-12-,23-13+,24-19+,29-20+,33-26-/t22?,25-,27?,28?,31?,32?/m0/s1. The molecule has 0 spiro atoms. The van der Waals surface area contributed by atoms with E-state index in [1.165, 1.54) is 11.6 Å². The highest BCUT2D eigenvalue weighted by atomic mass is 16.5. The maximum atomic E-state index is 13.4. The molecule has 1 rings (SSSR count). The molecule has 1 aliphatic heterocycles. The van der Waals surface area contributed by atoms with Gasteiger partial charge in [0.1, 0.15) is 0 Å². The molecule has 0 saturated heterocycles. The first-order valence-corrected chi connectivity index (χ1v) is 14.9. The number of allylic oxidation sites excluding steroid dienone is 6. The van der Waals surface area contributed by atoms with Crippen LogP contribution in [0.25, 0.3) is 0 Å². The van der Waals surface area contributed by atoms with Crippen molar-refractivity contribution in [1.29, 1.82) is 0 Å². The van der Waals surface area contributed by atoms with Gasteiger partial charge in [-0.1, -0.05) is 57.6 Å². The van der Waals surface area contributed by atoms with E-state index in [1.54, 1.807) is 33.3 Å². The fourth-order valence-electron chi connectivity index (χ4n) is 5.18. The molecule has 1 amide bonds. The minimum Gasteiger partial charge on any atom is -0.381 e. The van der Waals surface area contributed by atoms with E-state index in [1.807, 2.05) is 32.0 Å². The number of nitrogens with zero attached hydrogens (tertiary/aromatic N) is 1. The molecule has 1 aliphatic rings. The molecule has 0 aliphatic carbocycles. The van der Waals surface area contributed by atoms with Crippen LogP contribution in [0.5, 0.6) is 0 Å². The Balaban J connectivity index is 3.59. The van der Waals surface area contributed by atoms with Crippen molar-refractivity contribution < 1.29 is 23.9 Å². The van der Waals surface area contributed by atoms with E-state index in [4.69, 9.17) is 9.47 Å². The number of hydrogen-bond acceptors (Lipinski definition) is 7. The number of hydrogen-bond donors (Lipinski definition) is 2. The molecule has 8 nitrogen and oxygen atoms in total. The second-order valence-electron chi connectivity index (χ2n) is 12.1. The maximum absolute atomic E-state index is 13.4. The Hall–Kier alpha value is -2.81. The Morgan fingerprint density at radius 3 is 2.31 bits per heavy atom. The van der Waals surface area contributed by atoms with Crippen molar-refractivity contribution in [3.05, 3.63) is 58.5 Å². The van der Waals surface area contributed by atoms with Crippen LogP contribution in [0.4, 0.5) is 0 Å². The molecule has 236 valence electrons. The van der Waals surface area contributed by atoms with Crippen LogP contribution < -0.4 is 10.6 Å². The molecule has 0 saturated carbocycles. The van der Waals surface area contributed by atoms with Crippen LogP contribution in [-0.2, 0) is 23.9 Å². The number of likely N-dealkylation sites (N-methyl/N-ethyl adjacent to an activating group) is 1. The number of amides is 1. The van der Waals surface area contributed by atoms with Gasteiger partial charge in [0.05, 0.1) is 23.6 Å². The van der Waals surface area contributed by atoms with Gasteiger partial charge >= 0.3 is 0 Å². The van der Waals surface area contributed by atoms with Crippen molar-refractivity contribution >= 4 is 18.0 Å². The summed E-state index contributed by atoms with van der Waals surface area (Å²) in [4.78, 5) is 40.1. The minimum absolute atomic E-state index is 0.0418. The summed E-state index contributed by atoms with van der Waals surface area (Å²) in [5.41, 5.74) is 2.88. The maximum Gasteiger partial charge on any atom is 0.251 e. The van der Waals surface area contributed by atoms with Crippen molar-refractivity contribution in [2.24, 2.45) is 23.7 Å². The molecule has 0 aromatic rings. The minimum atomic E-state index is -0.459. The van der Waals surface area contributed by atoms with Crippen LogP contribution in [0, 0.1) is 23.7 Å². The third-order valence-corrected chi connectivity index (χ3v) is 8.23. The third-order valence-electron chi connectivity index (χ3n) is 8.23. The molecule has 0 aromatic carbocycles. The predicted molar refractivity (Wildman–Crippen MR) is 171 cm³/mol. The van der Waals surface area contributed by atoms with Gasteiger partial charge in [-0.3, -0.25) is 14.4 Å². The van der Waals surface area contributed by atoms with Gasteiger partial charge in [0.15, 0.2) is 6.29 Å². The summed E-state index contributed by atoms with van der Waals surface area (Å²) < 4.78 is 11.8. The Kier molecular flexibility index (Phi) is 16.5. The number of nitrogens with one attached hydrogen (secondary N) is 2. The van der Waals surface area contributed by atoms with Gasteiger partial charge in [-0.25, -0.2) is 0 Å². The monoisotopic (exact) mass is 585 g/mol. The Bertz CT molecular complexity index is 1070. The van der Waals surface area contributed by atoms with Crippen LogP contribution in [0.1, 0.15) is 61.3 Å². The van der Waals surface area contributed by atoms with E-state index < -0.39 is 5.91 Å². The summed E-state index contributed by atoms with van der Waals surface area (Å²) in [5.74, 6) is 0.107. The molecular formula is C34H55N3O5. The Labute approximate surface area is 254 Å². The van der Waals surface area contributed by atoms with Gasteiger partial charge in [0.25, 0.3) is 5.91 Å². The number of rotatable bonds is 7. The lowest BCUT2D eigenvalue weighted by Gasteiger charge is -2.30. The summed E-state index contributed by atoms with van der Waals surface area (Å²) in [6.07, 6.45) is 10.8. The van der Waals surface area contributed by atoms with Crippen molar-refractivity contribution in [2.45, 2.75) is 73.5 Å². The molecule has 8 heteroatoms. The number of ether oxygens (including phenoxy) is 2. The molecule has 5 unspecified atom stereocenters. The molecule has 0 fully saturated rings. The van der Waals surface area contributed by atoms with Crippen molar-refractivity contribution in [1.82, 2.24) is 15.5 Å². The zero-order valence-electron chi connectivity index (χ0n) is 27.7. The van der Waals surface area contributed by atoms with Crippen LogP contribution in [0.2, 0.25) is 0 Å². The highest BCUT2D eigenvalue weighted by Gasteiger charge is 2.26. The van der Waals surface area contributed by atoms with E-state index in [9.17, 15) is 14.4 Å². The first-order valence-electron chi connectivity index (χ1n) is 14.9. The fourth-order valence-corrected chi connectivity index (χ4v) is 5.18. The van der Waals surface area contributed by atoms with Crippen molar-refractivity contribution in [3.63, 3.8) is 0 Å². The van der Waals surface area contributed by atoms with Crippen LogP contribution in [0.3, 0.4) is 0 Å². The molecule has 1 heterocycles. The quantitative estimate of drug-likeness (QED) is 0.321. The Morgan fingerprint density at radius 2 is 1.74 bits per heavy atom. The van der Waals surface area contributed by atoms with E-state index in [0.29, 0.717) is 30.5 Å². The average molecular weight is 586 g/mol. The highest BCUT2D eigenvalue weighted by Crippen LogP contribution is 2.29. The van der Waals surface area contributed by atoms with Gasteiger partial charge < -0.3 is 25.0 Å². The van der Waals surface area contributed by atoms with Gasteiger partial charge in [0, 0.05) is 44.9 Å².